The molecule has 1 aliphatic heterocycles. The Morgan fingerprint density at radius 1 is 1.40 bits per heavy atom. The number of nitrogens with zero attached hydrogens (tertiary/aromatic N) is 2. The maximum absolute atomic E-state index is 10.6. The highest BCUT2D eigenvalue weighted by Gasteiger charge is 2.24. The van der Waals surface area contributed by atoms with Gasteiger partial charge in [0.2, 0.25) is 0 Å². The lowest BCUT2D eigenvalue weighted by Gasteiger charge is -2.24. The van der Waals surface area contributed by atoms with E-state index in [0.29, 0.717) is 18.4 Å². The van der Waals surface area contributed by atoms with E-state index in [9.17, 15) is 10.1 Å². The lowest BCUT2D eigenvalue weighted by Crippen LogP contribution is -2.34. The van der Waals surface area contributed by atoms with Crippen LogP contribution in [0.3, 0.4) is 0 Å². The molecule has 5 heteroatoms. The van der Waals surface area contributed by atoms with Gasteiger partial charge in [-0.2, -0.15) is 0 Å². The highest BCUT2D eigenvalue weighted by molar-refractivity contribution is 5.35. The van der Waals surface area contributed by atoms with Gasteiger partial charge in [0.15, 0.2) is 0 Å². The van der Waals surface area contributed by atoms with Gasteiger partial charge in [-0.05, 0) is 44.5 Å². The van der Waals surface area contributed by atoms with Gasteiger partial charge in [-0.1, -0.05) is 13.3 Å². The number of non-ortho nitro benzene ring substituents is 1. The van der Waals surface area contributed by atoms with E-state index in [4.69, 9.17) is 4.74 Å². The van der Waals surface area contributed by atoms with Crippen molar-refractivity contribution in [1.29, 1.82) is 0 Å². The van der Waals surface area contributed by atoms with Crippen LogP contribution in [0.1, 0.15) is 32.6 Å². The molecule has 0 saturated carbocycles. The third-order valence-electron chi connectivity index (χ3n) is 3.79. The standard InChI is InChI=1S/C15H22N2O3/c1-2-3-10-16-11-4-5-14(16)12-20-15-8-6-13(7-9-15)17(18)19/h6-9,14H,2-5,10-12H2,1H3. The highest BCUT2D eigenvalue weighted by atomic mass is 16.6. The molecule has 5 nitrogen and oxygen atoms in total. The van der Waals surface area contributed by atoms with Crippen LogP contribution in [0, 0.1) is 10.1 Å². The zero-order chi connectivity index (χ0) is 14.4. The molecule has 1 aliphatic rings. The van der Waals surface area contributed by atoms with Gasteiger partial charge >= 0.3 is 0 Å². The van der Waals surface area contributed by atoms with Crippen molar-refractivity contribution in [2.24, 2.45) is 0 Å². The fourth-order valence-corrected chi connectivity index (χ4v) is 2.60. The third kappa shape index (κ3) is 3.93. The number of likely N-dealkylation sites (tertiary alicyclic amines) is 1. The normalized spacial score (nSPS) is 19.1. The summed E-state index contributed by atoms with van der Waals surface area (Å²) >= 11 is 0. The first-order valence-corrected chi connectivity index (χ1v) is 7.32. The van der Waals surface area contributed by atoms with Gasteiger partial charge in [-0.25, -0.2) is 0 Å². The topological polar surface area (TPSA) is 55.6 Å². The number of hydrogen-bond donors (Lipinski definition) is 0. The van der Waals surface area contributed by atoms with Gasteiger partial charge in [0.05, 0.1) is 4.92 Å². The molecule has 1 unspecified atom stereocenters. The summed E-state index contributed by atoms with van der Waals surface area (Å²) in [6, 6.07) is 6.79. The molecule has 110 valence electrons. The molecule has 1 aromatic carbocycles. The Hall–Kier alpha value is -1.62. The second kappa shape index (κ2) is 7.24. The number of nitro benzene ring substituents is 1. The largest absolute Gasteiger partial charge is 0.492 e. The predicted molar refractivity (Wildman–Crippen MR) is 78.1 cm³/mol. The molecule has 0 bridgehead atoms. The van der Waals surface area contributed by atoms with Crippen LogP contribution >= 0.6 is 0 Å². The van der Waals surface area contributed by atoms with Crippen LogP contribution in [-0.4, -0.2) is 35.6 Å². The molecule has 1 aromatic rings. The molecule has 0 aliphatic carbocycles. The first kappa shape index (κ1) is 14.8. The van der Waals surface area contributed by atoms with E-state index in [1.165, 1.54) is 37.8 Å². The molecule has 1 atom stereocenters. The van der Waals surface area contributed by atoms with E-state index in [1.807, 2.05) is 0 Å². The maximum Gasteiger partial charge on any atom is 0.269 e. The first-order chi connectivity index (χ1) is 9.70. The second-order valence-electron chi connectivity index (χ2n) is 5.25. The van der Waals surface area contributed by atoms with Crippen molar-refractivity contribution in [3.05, 3.63) is 34.4 Å². The van der Waals surface area contributed by atoms with E-state index in [0.717, 1.165) is 13.1 Å². The van der Waals surface area contributed by atoms with Crippen molar-refractivity contribution < 1.29 is 9.66 Å². The van der Waals surface area contributed by atoms with Gasteiger partial charge in [0.25, 0.3) is 5.69 Å². The Morgan fingerprint density at radius 3 is 2.80 bits per heavy atom. The summed E-state index contributed by atoms with van der Waals surface area (Å²) < 4.78 is 5.77. The zero-order valence-corrected chi connectivity index (χ0v) is 12.0. The number of benzene rings is 1. The summed E-state index contributed by atoms with van der Waals surface area (Å²) in [6.45, 7) is 5.18. The molecule has 1 saturated heterocycles. The van der Waals surface area contributed by atoms with Crippen LogP contribution < -0.4 is 4.74 Å². The van der Waals surface area contributed by atoms with Gasteiger partial charge in [0.1, 0.15) is 12.4 Å². The van der Waals surface area contributed by atoms with Crippen molar-refractivity contribution in [2.45, 2.75) is 38.6 Å². The first-order valence-electron chi connectivity index (χ1n) is 7.32. The van der Waals surface area contributed by atoms with E-state index in [2.05, 4.69) is 11.8 Å². The highest BCUT2D eigenvalue weighted by Crippen LogP contribution is 2.21. The lowest BCUT2D eigenvalue weighted by atomic mass is 10.2. The Morgan fingerprint density at radius 2 is 2.15 bits per heavy atom. The van der Waals surface area contributed by atoms with Crippen LogP contribution in [0.4, 0.5) is 5.69 Å². The maximum atomic E-state index is 10.6. The molecule has 1 fully saturated rings. The van der Waals surface area contributed by atoms with Gasteiger partial charge in [0, 0.05) is 18.2 Å². The van der Waals surface area contributed by atoms with Crippen molar-refractivity contribution in [1.82, 2.24) is 4.90 Å². The Labute approximate surface area is 119 Å². The molecule has 2 rings (SSSR count). The van der Waals surface area contributed by atoms with Crippen LogP contribution in [0.2, 0.25) is 0 Å². The van der Waals surface area contributed by atoms with Gasteiger partial charge in [-0.3, -0.25) is 15.0 Å². The van der Waals surface area contributed by atoms with Crippen molar-refractivity contribution >= 4 is 5.69 Å². The molecule has 0 aromatic heterocycles. The summed E-state index contributed by atoms with van der Waals surface area (Å²) in [6.07, 6.45) is 4.86. The predicted octanol–water partition coefficient (Wildman–Crippen LogP) is 3.24. The summed E-state index contributed by atoms with van der Waals surface area (Å²) in [7, 11) is 0. The zero-order valence-electron chi connectivity index (χ0n) is 12.0. The molecule has 0 N–H and O–H groups in total. The summed E-state index contributed by atoms with van der Waals surface area (Å²) in [5, 5.41) is 10.6. The van der Waals surface area contributed by atoms with Crippen LogP contribution in [-0.2, 0) is 0 Å². The molecular formula is C15H22N2O3. The number of hydrogen-bond acceptors (Lipinski definition) is 4. The van der Waals surface area contributed by atoms with Crippen LogP contribution in [0.15, 0.2) is 24.3 Å². The van der Waals surface area contributed by atoms with Crippen LogP contribution in [0.5, 0.6) is 5.75 Å². The van der Waals surface area contributed by atoms with Gasteiger partial charge < -0.3 is 4.74 Å². The summed E-state index contributed by atoms with van der Waals surface area (Å²) in [5.41, 5.74) is 0.0998. The number of unbranched alkanes of at least 4 members (excludes halogenated alkanes) is 1. The Kier molecular flexibility index (Phi) is 5.35. The molecule has 0 radical (unpaired) electrons. The monoisotopic (exact) mass is 278 g/mol. The summed E-state index contributed by atoms with van der Waals surface area (Å²) in [5.74, 6) is 0.706. The second-order valence-corrected chi connectivity index (χ2v) is 5.25. The number of rotatable bonds is 7. The molecule has 0 amide bonds. The van der Waals surface area contributed by atoms with Crippen molar-refractivity contribution in [3.8, 4) is 5.75 Å². The molecular weight excluding hydrogens is 256 g/mol. The summed E-state index contributed by atoms with van der Waals surface area (Å²) in [4.78, 5) is 12.7. The molecule has 20 heavy (non-hydrogen) atoms. The van der Waals surface area contributed by atoms with Crippen molar-refractivity contribution in [3.63, 3.8) is 0 Å². The average molecular weight is 278 g/mol. The minimum Gasteiger partial charge on any atom is -0.492 e. The third-order valence-corrected chi connectivity index (χ3v) is 3.79. The minimum absolute atomic E-state index is 0.0998. The Bertz CT molecular complexity index is 433. The SMILES string of the molecule is CCCCN1CCCC1COc1ccc([N+](=O)[O-])cc1. The van der Waals surface area contributed by atoms with Crippen LogP contribution in [0.25, 0.3) is 0 Å². The average Bonchev–Trinajstić information content (AvgIpc) is 2.90. The fraction of sp³-hybridized carbons (Fsp3) is 0.600. The quantitative estimate of drug-likeness (QED) is 0.567. The Balaban J connectivity index is 1.83. The van der Waals surface area contributed by atoms with E-state index < -0.39 is 4.92 Å². The van der Waals surface area contributed by atoms with Gasteiger partial charge in [-0.15, -0.1) is 0 Å². The van der Waals surface area contributed by atoms with Crippen molar-refractivity contribution in [2.75, 3.05) is 19.7 Å². The van der Waals surface area contributed by atoms with E-state index in [1.54, 1.807) is 12.1 Å². The number of nitro groups is 1. The lowest BCUT2D eigenvalue weighted by molar-refractivity contribution is -0.384. The minimum atomic E-state index is -0.396. The number of ether oxygens (including phenoxy) is 1. The fourth-order valence-electron chi connectivity index (χ4n) is 2.60. The molecule has 0 spiro atoms. The van der Waals surface area contributed by atoms with E-state index in [-0.39, 0.29) is 5.69 Å². The smallest absolute Gasteiger partial charge is 0.269 e. The van der Waals surface area contributed by atoms with E-state index >= 15 is 0 Å². The molecule has 1 heterocycles.